The van der Waals surface area contributed by atoms with E-state index in [4.69, 9.17) is 4.74 Å². The number of carbonyl (C=O) groups is 2. The van der Waals surface area contributed by atoms with Gasteiger partial charge in [-0.25, -0.2) is 14.6 Å². The first-order valence-corrected chi connectivity index (χ1v) is 6.74. The highest BCUT2D eigenvalue weighted by Gasteiger charge is 2.22. The van der Waals surface area contributed by atoms with Crippen molar-refractivity contribution in [2.45, 2.75) is 26.3 Å². The summed E-state index contributed by atoms with van der Waals surface area (Å²) < 4.78 is 9.32. The van der Waals surface area contributed by atoms with Crippen LogP contribution in [0.1, 0.15) is 30.8 Å². The van der Waals surface area contributed by atoms with Gasteiger partial charge in [-0.1, -0.05) is 13.8 Å². The number of methoxy groups -OCH3 is 2. The highest BCUT2D eigenvalue weighted by atomic mass is 32.1. The summed E-state index contributed by atoms with van der Waals surface area (Å²) in [6, 6.07) is -0.471. The Morgan fingerprint density at radius 2 is 2.05 bits per heavy atom. The molecule has 106 valence electrons. The molecule has 0 aliphatic heterocycles. The van der Waals surface area contributed by atoms with Crippen LogP contribution in [0.5, 0.6) is 0 Å². The smallest absolute Gasteiger partial charge is 0.357 e. The Bertz CT molecular complexity index is 445. The maximum Gasteiger partial charge on any atom is 0.357 e. The Labute approximate surface area is 116 Å². The lowest BCUT2D eigenvalue weighted by Gasteiger charge is -2.17. The summed E-state index contributed by atoms with van der Waals surface area (Å²) >= 11 is 1.25. The molecule has 1 aromatic rings. The maximum absolute atomic E-state index is 11.6. The number of esters is 2. The molecule has 0 amide bonds. The molecule has 1 aromatic heterocycles. The number of hydrogen-bond acceptors (Lipinski definition) is 7. The van der Waals surface area contributed by atoms with E-state index in [1.807, 2.05) is 13.8 Å². The van der Waals surface area contributed by atoms with Crippen LogP contribution >= 0.6 is 11.3 Å². The molecule has 0 radical (unpaired) electrons. The van der Waals surface area contributed by atoms with Crippen LogP contribution in [-0.2, 0) is 14.3 Å². The molecule has 19 heavy (non-hydrogen) atoms. The average molecular weight is 286 g/mol. The normalized spacial score (nSPS) is 12.1. The lowest BCUT2D eigenvalue weighted by Crippen LogP contribution is -2.32. The van der Waals surface area contributed by atoms with Crippen molar-refractivity contribution in [1.82, 2.24) is 4.98 Å². The van der Waals surface area contributed by atoms with E-state index in [-0.39, 0.29) is 11.7 Å². The summed E-state index contributed by atoms with van der Waals surface area (Å²) in [5.74, 6) is -0.511. The second kappa shape index (κ2) is 7.08. The van der Waals surface area contributed by atoms with Crippen molar-refractivity contribution < 1.29 is 19.1 Å². The summed E-state index contributed by atoms with van der Waals surface area (Å²) in [6.07, 6.45) is 0.625. The summed E-state index contributed by atoms with van der Waals surface area (Å²) in [6.45, 7) is 4.03. The molecule has 1 N–H and O–H groups in total. The highest BCUT2D eigenvalue weighted by Crippen LogP contribution is 2.19. The lowest BCUT2D eigenvalue weighted by molar-refractivity contribution is -0.141. The number of anilines is 1. The molecule has 1 unspecified atom stereocenters. The van der Waals surface area contributed by atoms with Crippen LogP contribution in [0.3, 0.4) is 0 Å². The molecule has 1 atom stereocenters. The van der Waals surface area contributed by atoms with Crippen molar-refractivity contribution in [2.75, 3.05) is 19.5 Å². The van der Waals surface area contributed by atoms with Crippen LogP contribution in [0, 0.1) is 5.92 Å². The van der Waals surface area contributed by atoms with Crippen molar-refractivity contribution in [3.63, 3.8) is 0 Å². The third-order valence-corrected chi connectivity index (χ3v) is 3.16. The van der Waals surface area contributed by atoms with Crippen molar-refractivity contribution in [3.05, 3.63) is 11.1 Å². The van der Waals surface area contributed by atoms with Crippen LogP contribution in [0.2, 0.25) is 0 Å². The minimum absolute atomic E-state index is 0.225. The summed E-state index contributed by atoms with van der Waals surface area (Å²) in [7, 11) is 2.64. The van der Waals surface area contributed by atoms with Gasteiger partial charge < -0.3 is 14.8 Å². The molecule has 0 aromatic carbocycles. The molecule has 0 bridgehead atoms. The molecule has 0 fully saturated rings. The summed E-state index contributed by atoms with van der Waals surface area (Å²) in [5, 5.41) is 5.06. The zero-order valence-electron chi connectivity index (χ0n) is 11.4. The minimum Gasteiger partial charge on any atom is -0.467 e. The first kappa shape index (κ1) is 15.4. The molecule has 0 saturated carbocycles. The van der Waals surface area contributed by atoms with E-state index < -0.39 is 12.0 Å². The van der Waals surface area contributed by atoms with Crippen LogP contribution in [0.25, 0.3) is 0 Å². The van der Waals surface area contributed by atoms with Gasteiger partial charge in [0, 0.05) is 5.38 Å². The second-order valence-corrected chi connectivity index (χ2v) is 5.24. The summed E-state index contributed by atoms with van der Waals surface area (Å²) in [5.41, 5.74) is 0.225. The van der Waals surface area contributed by atoms with Gasteiger partial charge >= 0.3 is 11.9 Å². The number of hydrogen-bond donors (Lipinski definition) is 1. The first-order chi connectivity index (χ1) is 8.97. The van der Waals surface area contributed by atoms with Crippen molar-refractivity contribution >= 4 is 28.4 Å². The van der Waals surface area contributed by atoms with Crippen molar-refractivity contribution in [2.24, 2.45) is 5.92 Å². The van der Waals surface area contributed by atoms with E-state index in [0.29, 0.717) is 17.5 Å². The lowest BCUT2D eigenvalue weighted by atomic mass is 10.0. The fraction of sp³-hybridized carbons (Fsp3) is 0.583. The van der Waals surface area contributed by atoms with Crippen LogP contribution < -0.4 is 5.32 Å². The van der Waals surface area contributed by atoms with Gasteiger partial charge in [0.05, 0.1) is 14.2 Å². The molecule has 6 nitrogen and oxygen atoms in total. The number of nitrogens with zero attached hydrogens (tertiary/aromatic N) is 1. The van der Waals surface area contributed by atoms with E-state index in [0.717, 1.165) is 0 Å². The maximum atomic E-state index is 11.6. The predicted octanol–water partition coefficient (Wildman–Crippen LogP) is 1.93. The Morgan fingerprint density at radius 3 is 2.58 bits per heavy atom. The van der Waals surface area contributed by atoms with Crippen LogP contribution in [0.4, 0.5) is 5.13 Å². The van der Waals surface area contributed by atoms with E-state index in [1.165, 1.54) is 25.6 Å². The van der Waals surface area contributed by atoms with Gasteiger partial charge in [0.15, 0.2) is 10.8 Å². The molecule has 0 saturated heterocycles. The largest absolute Gasteiger partial charge is 0.467 e. The van der Waals surface area contributed by atoms with Gasteiger partial charge in [0.25, 0.3) is 0 Å². The summed E-state index contributed by atoms with van der Waals surface area (Å²) in [4.78, 5) is 27.0. The molecular formula is C12H18N2O4S. The number of nitrogens with one attached hydrogen (secondary N) is 1. The highest BCUT2D eigenvalue weighted by molar-refractivity contribution is 7.13. The Kier molecular flexibility index (Phi) is 5.75. The molecular weight excluding hydrogens is 268 g/mol. The Morgan fingerprint density at radius 1 is 1.37 bits per heavy atom. The van der Waals surface area contributed by atoms with Gasteiger partial charge in [-0.15, -0.1) is 11.3 Å². The Hall–Kier alpha value is -1.63. The molecule has 1 rings (SSSR count). The topological polar surface area (TPSA) is 77.5 Å². The molecule has 0 spiro atoms. The minimum atomic E-state index is -0.497. The quantitative estimate of drug-likeness (QED) is 0.805. The number of thiazole rings is 1. The third kappa shape index (κ3) is 4.51. The first-order valence-electron chi connectivity index (χ1n) is 5.86. The van der Waals surface area contributed by atoms with Crippen molar-refractivity contribution in [1.29, 1.82) is 0 Å². The molecule has 1 heterocycles. The average Bonchev–Trinajstić information content (AvgIpc) is 2.84. The van der Waals surface area contributed by atoms with Gasteiger partial charge in [-0.05, 0) is 12.3 Å². The zero-order chi connectivity index (χ0) is 14.4. The second-order valence-electron chi connectivity index (χ2n) is 4.38. The number of carbonyl (C=O) groups excluding carboxylic acids is 2. The number of rotatable bonds is 6. The van der Waals surface area contributed by atoms with Crippen LogP contribution in [-0.4, -0.2) is 37.2 Å². The predicted molar refractivity (Wildman–Crippen MR) is 72.3 cm³/mol. The van der Waals surface area contributed by atoms with Gasteiger partial charge in [0.2, 0.25) is 0 Å². The number of ether oxygens (including phenoxy) is 2. The standard InChI is InChI=1S/C12H18N2O4S/c1-7(2)5-8(10(15)17-3)13-12-14-9(6-19-12)11(16)18-4/h6-8H,5H2,1-4H3,(H,13,14). The molecule has 0 aliphatic rings. The number of aromatic nitrogens is 1. The molecule has 0 aliphatic carbocycles. The fourth-order valence-corrected chi connectivity index (χ4v) is 2.25. The molecule has 7 heteroatoms. The van der Waals surface area contributed by atoms with E-state index in [2.05, 4.69) is 15.0 Å². The third-order valence-electron chi connectivity index (χ3n) is 2.39. The van der Waals surface area contributed by atoms with Crippen molar-refractivity contribution in [3.8, 4) is 0 Å². The van der Waals surface area contributed by atoms with E-state index >= 15 is 0 Å². The Balaban J connectivity index is 2.76. The van der Waals surface area contributed by atoms with Gasteiger partial charge in [-0.3, -0.25) is 0 Å². The monoisotopic (exact) mass is 286 g/mol. The van der Waals surface area contributed by atoms with E-state index in [9.17, 15) is 9.59 Å². The van der Waals surface area contributed by atoms with E-state index in [1.54, 1.807) is 5.38 Å². The SMILES string of the molecule is COC(=O)c1csc(NC(CC(C)C)C(=O)OC)n1. The van der Waals surface area contributed by atoms with Crippen LogP contribution in [0.15, 0.2) is 5.38 Å². The zero-order valence-corrected chi connectivity index (χ0v) is 12.2. The van der Waals surface area contributed by atoms with Gasteiger partial charge in [-0.2, -0.15) is 0 Å². The fourth-order valence-electron chi connectivity index (χ4n) is 1.52. The van der Waals surface area contributed by atoms with Gasteiger partial charge in [0.1, 0.15) is 6.04 Å².